The van der Waals surface area contributed by atoms with Gasteiger partial charge >= 0.3 is 5.97 Å². The summed E-state index contributed by atoms with van der Waals surface area (Å²) in [7, 11) is 0. The van der Waals surface area contributed by atoms with Gasteiger partial charge in [-0.25, -0.2) is 9.78 Å². The van der Waals surface area contributed by atoms with Crippen LogP contribution in [0.15, 0.2) is 46.8 Å². The lowest BCUT2D eigenvalue weighted by Gasteiger charge is -2.06. The number of thiophene rings is 1. The summed E-state index contributed by atoms with van der Waals surface area (Å²) < 4.78 is 6.59. The van der Waals surface area contributed by atoms with Gasteiger partial charge in [0, 0.05) is 11.9 Å². The summed E-state index contributed by atoms with van der Waals surface area (Å²) in [5.41, 5.74) is 1.37. The molecule has 0 radical (unpaired) electrons. The van der Waals surface area contributed by atoms with E-state index in [1.54, 1.807) is 23.2 Å². The maximum absolute atomic E-state index is 12.7. The summed E-state index contributed by atoms with van der Waals surface area (Å²) in [5.74, 6) is -0.468. The van der Waals surface area contributed by atoms with E-state index in [-0.39, 0.29) is 12.2 Å². The molecule has 0 aliphatic heterocycles. The maximum Gasteiger partial charge on any atom is 0.339 e. The van der Waals surface area contributed by atoms with Gasteiger partial charge < -0.3 is 4.74 Å². The van der Waals surface area contributed by atoms with Crippen LogP contribution in [0, 0.1) is 0 Å². The largest absolute Gasteiger partial charge is 0.462 e. The number of hydrogen-bond acceptors (Lipinski definition) is 5. The van der Waals surface area contributed by atoms with Crippen molar-refractivity contribution in [3.8, 4) is 0 Å². The van der Waals surface area contributed by atoms with Crippen molar-refractivity contribution >= 4 is 27.5 Å². The van der Waals surface area contributed by atoms with Crippen LogP contribution in [0.1, 0.15) is 29.3 Å². The van der Waals surface area contributed by atoms with Crippen molar-refractivity contribution in [2.75, 3.05) is 6.61 Å². The molecule has 0 unspecified atom stereocenters. The van der Waals surface area contributed by atoms with Crippen molar-refractivity contribution in [3.63, 3.8) is 0 Å². The fourth-order valence-corrected chi connectivity index (χ4v) is 3.45. The second-order valence-corrected chi connectivity index (χ2v) is 6.24. The predicted octanol–water partition coefficient (Wildman–Crippen LogP) is 3.27. The fourth-order valence-electron chi connectivity index (χ4n) is 2.58. The van der Waals surface area contributed by atoms with Crippen molar-refractivity contribution in [3.05, 3.63) is 63.5 Å². The average Bonchev–Trinajstić information content (AvgIpc) is 3.03. The number of carbonyl (C=O) groups is 1. The Morgan fingerprint density at radius 2 is 2.08 bits per heavy atom. The first-order chi connectivity index (χ1) is 11.7. The Labute approximate surface area is 143 Å². The Morgan fingerprint density at radius 3 is 2.83 bits per heavy atom. The third-order valence-corrected chi connectivity index (χ3v) is 4.65. The first-order valence-corrected chi connectivity index (χ1v) is 8.76. The molecule has 2 heterocycles. The number of aromatic nitrogens is 2. The third kappa shape index (κ3) is 3.38. The van der Waals surface area contributed by atoms with Crippen molar-refractivity contribution in [1.82, 2.24) is 9.55 Å². The Bertz CT molecular complexity index is 900. The highest BCUT2D eigenvalue weighted by Crippen LogP contribution is 2.21. The van der Waals surface area contributed by atoms with E-state index in [0.717, 1.165) is 12.8 Å². The number of hydrogen-bond donors (Lipinski definition) is 0. The second-order valence-electron chi connectivity index (χ2n) is 5.38. The predicted molar refractivity (Wildman–Crippen MR) is 94.6 cm³/mol. The van der Waals surface area contributed by atoms with E-state index < -0.39 is 5.97 Å². The number of esters is 1. The Morgan fingerprint density at radius 1 is 1.29 bits per heavy atom. The molecule has 2 aromatic heterocycles. The molecule has 0 bridgehead atoms. The van der Waals surface area contributed by atoms with Crippen LogP contribution in [-0.4, -0.2) is 22.1 Å². The standard InChI is InChI=1S/C18H18N2O3S/c1-2-23-18(22)14-11-24-16-15(14)17(21)20(12-19-16)10-6-9-13-7-4-3-5-8-13/h3-5,7-8,11-12H,2,6,9-10H2,1H3. The lowest BCUT2D eigenvalue weighted by atomic mass is 10.1. The van der Waals surface area contributed by atoms with Crippen molar-refractivity contribution in [1.29, 1.82) is 0 Å². The van der Waals surface area contributed by atoms with E-state index in [1.165, 1.54) is 16.9 Å². The van der Waals surface area contributed by atoms with Gasteiger partial charge in [0.2, 0.25) is 0 Å². The molecule has 1 aromatic carbocycles. The SMILES string of the molecule is CCOC(=O)c1csc2ncn(CCCc3ccccc3)c(=O)c12. The van der Waals surface area contributed by atoms with Crippen LogP contribution in [0.25, 0.3) is 10.2 Å². The lowest BCUT2D eigenvalue weighted by Crippen LogP contribution is -2.22. The van der Waals surface area contributed by atoms with Crippen LogP contribution in [0.3, 0.4) is 0 Å². The van der Waals surface area contributed by atoms with E-state index in [1.807, 2.05) is 18.2 Å². The number of benzene rings is 1. The summed E-state index contributed by atoms with van der Waals surface area (Å²) in [6, 6.07) is 10.1. The molecule has 0 spiro atoms. The normalized spacial score (nSPS) is 10.9. The highest BCUT2D eigenvalue weighted by Gasteiger charge is 2.18. The van der Waals surface area contributed by atoms with Crippen LogP contribution in [0.4, 0.5) is 0 Å². The van der Waals surface area contributed by atoms with Gasteiger partial charge in [-0.1, -0.05) is 30.3 Å². The zero-order valence-electron chi connectivity index (χ0n) is 13.4. The van der Waals surface area contributed by atoms with Crippen LogP contribution in [0.2, 0.25) is 0 Å². The summed E-state index contributed by atoms with van der Waals surface area (Å²) in [5, 5.41) is 2.01. The molecule has 124 valence electrons. The first-order valence-electron chi connectivity index (χ1n) is 7.88. The number of rotatable bonds is 6. The monoisotopic (exact) mass is 342 g/mol. The van der Waals surface area contributed by atoms with E-state index >= 15 is 0 Å². The molecule has 0 saturated carbocycles. The van der Waals surface area contributed by atoms with Crippen LogP contribution < -0.4 is 5.56 Å². The number of nitrogens with zero attached hydrogens (tertiary/aromatic N) is 2. The molecular formula is C18H18N2O3S. The molecule has 0 fully saturated rings. The molecule has 0 atom stereocenters. The van der Waals surface area contributed by atoms with Gasteiger partial charge in [0.25, 0.3) is 5.56 Å². The summed E-state index contributed by atoms with van der Waals surface area (Å²) in [4.78, 5) is 29.6. The maximum atomic E-state index is 12.7. The van der Waals surface area contributed by atoms with Gasteiger partial charge in [-0.2, -0.15) is 0 Å². The first kappa shape index (κ1) is 16.4. The van der Waals surface area contributed by atoms with Gasteiger partial charge in [-0.05, 0) is 25.3 Å². The van der Waals surface area contributed by atoms with Gasteiger partial charge in [-0.15, -0.1) is 11.3 Å². The molecule has 0 aliphatic carbocycles. The van der Waals surface area contributed by atoms with Crippen LogP contribution in [0.5, 0.6) is 0 Å². The number of carbonyl (C=O) groups excluding carboxylic acids is 1. The lowest BCUT2D eigenvalue weighted by molar-refractivity contribution is 0.0529. The Hall–Kier alpha value is -2.47. The highest BCUT2D eigenvalue weighted by molar-refractivity contribution is 7.17. The molecule has 0 N–H and O–H groups in total. The number of ether oxygens (including phenoxy) is 1. The molecule has 3 aromatic rings. The van der Waals surface area contributed by atoms with E-state index in [0.29, 0.717) is 22.3 Å². The molecule has 3 rings (SSSR count). The van der Waals surface area contributed by atoms with Crippen molar-refractivity contribution < 1.29 is 9.53 Å². The smallest absolute Gasteiger partial charge is 0.339 e. The minimum atomic E-state index is -0.468. The Balaban J connectivity index is 1.81. The minimum Gasteiger partial charge on any atom is -0.462 e. The van der Waals surface area contributed by atoms with Crippen molar-refractivity contribution in [2.45, 2.75) is 26.3 Å². The number of aryl methyl sites for hydroxylation is 2. The third-order valence-electron chi connectivity index (χ3n) is 3.76. The summed E-state index contributed by atoms with van der Waals surface area (Å²) in [6.07, 6.45) is 3.27. The molecule has 0 aliphatic rings. The van der Waals surface area contributed by atoms with Gasteiger partial charge in [-0.3, -0.25) is 9.36 Å². The Kier molecular flexibility index (Phi) is 5.05. The fraction of sp³-hybridized carbons (Fsp3) is 0.278. The van der Waals surface area contributed by atoms with Gasteiger partial charge in [0.05, 0.1) is 23.9 Å². The quantitative estimate of drug-likeness (QED) is 0.645. The summed E-state index contributed by atoms with van der Waals surface area (Å²) >= 11 is 1.29. The average molecular weight is 342 g/mol. The minimum absolute atomic E-state index is 0.183. The number of fused-ring (bicyclic) bond motifs is 1. The molecule has 6 heteroatoms. The molecule has 5 nitrogen and oxygen atoms in total. The molecule has 0 saturated heterocycles. The molecular weight excluding hydrogens is 324 g/mol. The van der Waals surface area contributed by atoms with Gasteiger partial charge in [0.15, 0.2) is 0 Å². The molecule has 24 heavy (non-hydrogen) atoms. The van der Waals surface area contributed by atoms with Gasteiger partial charge in [0.1, 0.15) is 4.83 Å². The van der Waals surface area contributed by atoms with Crippen LogP contribution in [-0.2, 0) is 17.7 Å². The van der Waals surface area contributed by atoms with E-state index in [2.05, 4.69) is 17.1 Å². The molecule has 0 amide bonds. The summed E-state index contributed by atoms with van der Waals surface area (Å²) in [6.45, 7) is 2.59. The second kappa shape index (κ2) is 7.40. The van der Waals surface area contributed by atoms with E-state index in [9.17, 15) is 9.59 Å². The van der Waals surface area contributed by atoms with Crippen molar-refractivity contribution in [2.24, 2.45) is 0 Å². The van der Waals surface area contributed by atoms with E-state index in [4.69, 9.17) is 4.74 Å². The highest BCUT2D eigenvalue weighted by atomic mass is 32.1. The van der Waals surface area contributed by atoms with Crippen LogP contribution >= 0.6 is 11.3 Å². The zero-order valence-corrected chi connectivity index (χ0v) is 14.2. The zero-order chi connectivity index (χ0) is 16.9. The topological polar surface area (TPSA) is 61.2 Å².